The van der Waals surface area contributed by atoms with E-state index in [2.05, 4.69) is 34.7 Å². The molecule has 3 rings (SSSR count). The second kappa shape index (κ2) is 7.70. The Morgan fingerprint density at radius 3 is 2.92 bits per heavy atom. The van der Waals surface area contributed by atoms with Crippen LogP contribution in [0.15, 0.2) is 24.3 Å². The summed E-state index contributed by atoms with van der Waals surface area (Å²) < 4.78 is 5.44. The monoisotopic (exact) mass is 342 g/mol. The number of carbonyl (C=O) groups excluding carboxylic acids is 1. The fourth-order valence-corrected chi connectivity index (χ4v) is 3.21. The number of para-hydroxylation sites is 1. The van der Waals surface area contributed by atoms with E-state index >= 15 is 0 Å². The lowest BCUT2D eigenvalue weighted by Gasteiger charge is -2.23. The van der Waals surface area contributed by atoms with Crippen molar-refractivity contribution in [1.29, 1.82) is 0 Å². The normalized spacial score (nSPS) is 14.9. The van der Waals surface area contributed by atoms with Crippen LogP contribution >= 0.6 is 0 Å². The van der Waals surface area contributed by atoms with Crippen molar-refractivity contribution >= 4 is 5.91 Å². The van der Waals surface area contributed by atoms with Crippen LogP contribution in [0.3, 0.4) is 0 Å². The van der Waals surface area contributed by atoms with Crippen LogP contribution < -0.4 is 15.4 Å². The Morgan fingerprint density at radius 2 is 2.16 bits per heavy atom. The van der Waals surface area contributed by atoms with Gasteiger partial charge in [-0.2, -0.15) is 5.10 Å². The Morgan fingerprint density at radius 1 is 1.36 bits per heavy atom. The first-order valence-corrected chi connectivity index (χ1v) is 8.79. The molecule has 1 atom stereocenters. The van der Waals surface area contributed by atoms with E-state index in [0.717, 1.165) is 42.0 Å². The van der Waals surface area contributed by atoms with Crippen LogP contribution in [0.1, 0.15) is 41.2 Å². The number of amides is 1. The van der Waals surface area contributed by atoms with Crippen molar-refractivity contribution in [2.75, 3.05) is 13.7 Å². The fourth-order valence-electron chi connectivity index (χ4n) is 3.21. The van der Waals surface area contributed by atoms with Crippen molar-refractivity contribution in [3.05, 3.63) is 46.8 Å². The summed E-state index contributed by atoms with van der Waals surface area (Å²) in [5.41, 5.74) is 3.65. The second-order valence-corrected chi connectivity index (χ2v) is 6.80. The third-order valence-electron chi connectivity index (χ3n) is 4.77. The van der Waals surface area contributed by atoms with Gasteiger partial charge in [0.15, 0.2) is 5.69 Å². The van der Waals surface area contributed by atoms with Crippen molar-refractivity contribution in [3.8, 4) is 5.75 Å². The Kier molecular flexibility index (Phi) is 5.38. The van der Waals surface area contributed by atoms with Crippen LogP contribution in [-0.2, 0) is 19.4 Å². The van der Waals surface area contributed by atoms with Crippen LogP contribution in [-0.4, -0.2) is 35.8 Å². The van der Waals surface area contributed by atoms with Gasteiger partial charge >= 0.3 is 0 Å². The summed E-state index contributed by atoms with van der Waals surface area (Å²) in [5.74, 6) is 1.03. The van der Waals surface area contributed by atoms with Crippen LogP contribution in [0.2, 0.25) is 0 Å². The Balaban J connectivity index is 1.76. The average molecular weight is 342 g/mol. The van der Waals surface area contributed by atoms with E-state index in [4.69, 9.17) is 4.74 Å². The molecule has 0 bridgehead atoms. The van der Waals surface area contributed by atoms with E-state index in [-0.39, 0.29) is 11.9 Å². The molecule has 6 heteroatoms. The SMILES string of the molecule is COc1ccccc1CC(NC(=O)c1n[nH]c2c1CNCC2)C(C)C. The van der Waals surface area contributed by atoms with Crippen molar-refractivity contribution in [2.24, 2.45) is 5.92 Å². The third kappa shape index (κ3) is 3.85. The van der Waals surface area contributed by atoms with E-state index in [1.54, 1.807) is 7.11 Å². The summed E-state index contributed by atoms with van der Waals surface area (Å²) >= 11 is 0. The van der Waals surface area contributed by atoms with Crippen molar-refractivity contribution in [2.45, 2.75) is 39.3 Å². The standard InChI is InChI=1S/C19H26N4O2/c1-12(2)16(10-13-6-4-5-7-17(13)25-3)21-19(24)18-14-11-20-9-8-15(14)22-23-18/h4-7,12,16,20H,8-11H2,1-3H3,(H,21,24)(H,22,23). The molecule has 1 aromatic heterocycles. The summed E-state index contributed by atoms with van der Waals surface area (Å²) in [6.07, 6.45) is 1.60. The molecule has 0 spiro atoms. The molecule has 134 valence electrons. The molecule has 25 heavy (non-hydrogen) atoms. The molecule has 1 amide bonds. The van der Waals surface area contributed by atoms with Crippen molar-refractivity contribution in [3.63, 3.8) is 0 Å². The van der Waals surface area contributed by atoms with Crippen LogP contribution in [0.4, 0.5) is 0 Å². The number of H-pyrrole nitrogens is 1. The average Bonchev–Trinajstić information content (AvgIpc) is 3.05. The number of aromatic nitrogens is 2. The maximum absolute atomic E-state index is 12.8. The van der Waals surface area contributed by atoms with E-state index in [9.17, 15) is 4.79 Å². The van der Waals surface area contributed by atoms with Gasteiger partial charge in [0.05, 0.1) is 7.11 Å². The van der Waals surface area contributed by atoms with Gasteiger partial charge in [-0.25, -0.2) is 0 Å². The molecule has 3 N–H and O–H groups in total. The van der Waals surface area contributed by atoms with Gasteiger partial charge in [-0.05, 0) is 24.0 Å². The van der Waals surface area contributed by atoms with Gasteiger partial charge in [0.2, 0.25) is 0 Å². The first-order chi connectivity index (χ1) is 12.1. The summed E-state index contributed by atoms with van der Waals surface area (Å²) in [4.78, 5) is 12.8. The molecular weight excluding hydrogens is 316 g/mol. The first-order valence-electron chi connectivity index (χ1n) is 8.79. The molecule has 0 radical (unpaired) electrons. The van der Waals surface area contributed by atoms with Gasteiger partial charge < -0.3 is 15.4 Å². The van der Waals surface area contributed by atoms with E-state index in [1.165, 1.54) is 0 Å². The van der Waals surface area contributed by atoms with Crippen LogP contribution in [0, 0.1) is 5.92 Å². The number of rotatable bonds is 6. The summed E-state index contributed by atoms with van der Waals surface area (Å²) in [6.45, 7) is 5.83. The minimum absolute atomic E-state index is 0.00713. The highest BCUT2D eigenvalue weighted by Crippen LogP contribution is 2.22. The highest BCUT2D eigenvalue weighted by molar-refractivity contribution is 5.94. The zero-order chi connectivity index (χ0) is 17.8. The Hall–Kier alpha value is -2.34. The highest BCUT2D eigenvalue weighted by Gasteiger charge is 2.25. The molecule has 0 fully saturated rings. The maximum atomic E-state index is 12.8. The number of fused-ring (bicyclic) bond motifs is 1. The number of methoxy groups -OCH3 is 1. The molecule has 0 saturated carbocycles. The van der Waals surface area contributed by atoms with Gasteiger partial charge in [-0.3, -0.25) is 9.89 Å². The molecule has 0 aliphatic carbocycles. The largest absolute Gasteiger partial charge is 0.496 e. The van der Waals surface area contributed by atoms with Gasteiger partial charge in [0.1, 0.15) is 5.75 Å². The quantitative estimate of drug-likeness (QED) is 0.751. The molecule has 2 aromatic rings. The van der Waals surface area contributed by atoms with Crippen molar-refractivity contribution < 1.29 is 9.53 Å². The molecule has 6 nitrogen and oxygen atoms in total. The zero-order valence-corrected chi connectivity index (χ0v) is 15.1. The summed E-state index contributed by atoms with van der Waals surface area (Å²) in [5, 5.41) is 13.7. The molecule has 1 aliphatic rings. The lowest BCUT2D eigenvalue weighted by atomic mass is 9.95. The molecule has 0 saturated heterocycles. The fraction of sp³-hybridized carbons (Fsp3) is 0.474. The summed E-state index contributed by atoms with van der Waals surface area (Å²) in [7, 11) is 1.67. The maximum Gasteiger partial charge on any atom is 0.272 e. The van der Waals surface area contributed by atoms with E-state index in [1.807, 2.05) is 24.3 Å². The molecule has 1 aromatic carbocycles. The second-order valence-electron chi connectivity index (χ2n) is 6.80. The molecule has 1 aliphatic heterocycles. The molecule has 1 unspecified atom stereocenters. The first kappa shape index (κ1) is 17.5. The predicted octanol–water partition coefficient (Wildman–Crippen LogP) is 2.06. The van der Waals surface area contributed by atoms with Gasteiger partial charge in [0.25, 0.3) is 5.91 Å². The predicted molar refractivity (Wildman–Crippen MR) is 96.8 cm³/mol. The molecule has 2 heterocycles. The Bertz CT molecular complexity index is 739. The number of nitrogens with one attached hydrogen (secondary N) is 3. The topological polar surface area (TPSA) is 79.0 Å². The minimum Gasteiger partial charge on any atom is -0.496 e. The lowest BCUT2D eigenvalue weighted by molar-refractivity contribution is 0.0919. The van der Waals surface area contributed by atoms with E-state index < -0.39 is 0 Å². The van der Waals surface area contributed by atoms with Crippen LogP contribution in [0.5, 0.6) is 5.75 Å². The number of ether oxygens (including phenoxy) is 1. The summed E-state index contributed by atoms with van der Waals surface area (Å²) in [6, 6.07) is 7.94. The molecular formula is C19H26N4O2. The smallest absolute Gasteiger partial charge is 0.272 e. The van der Waals surface area contributed by atoms with Gasteiger partial charge in [-0.1, -0.05) is 32.0 Å². The van der Waals surface area contributed by atoms with Gasteiger partial charge in [-0.15, -0.1) is 0 Å². The number of nitrogens with zero attached hydrogens (tertiary/aromatic N) is 1. The number of aromatic amines is 1. The highest BCUT2D eigenvalue weighted by atomic mass is 16.5. The number of hydrogen-bond acceptors (Lipinski definition) is 4. The Labute approximate surface area is 148 Å². The minimum atomic E-state index is -0.116. The lowest BCUT2D eigenvalue weighted by Crippen LogP contribution is -2.41. The van der Waals surface area contributed by atoms with Crippen molar-refractivity contribution in [1.82, 2.24) is 20.8 Å². The third-order valence-corrected chi connectivity index (χ3v) is 4.77. The zero-order valence-electron chi connectivity index (χ0n) is 15.1. The van der Waals surface area contributed by atoms with Gasteiger partial charge in [0, 0.05) is 36.8 Å². The van der Waals surface area contributed by atoms with Crippen LogP contribution in [0.25, 0.3) is 0 Å². The number of carbonyl (C=O) groups is 1. The number of benzene rings is 1. The number of hydrogen-bond donors (Lipinski definition) is 3. The van der Waals surface area contributed by atoms with E-state index in [0.29, 0.717) is 18.2 Å².